The first-order valence-electron chi connectivity index (χ1n) is 6.98. The van der Waals surface area contributed by atoms with Crippen molar-refractivity contribution in [2.24, 2.45) is 0 Å². The highest BCUT2D eigenvalue weighted by Crippen LogP contribution is 2.22. The molecule has 1 heterocycles. The predicted molar refractivity (Wildman–Crippen MR) is 90.3 cm³/mol. The lowest BCUT2D eigenvalue weighted by molar-refractivity contribution is -0.118. The van der Waals surface area contributed by atoms with Gasteiger partial charge in [-0.25, -0.2) is 4.98 Å². The lowest BCUT2D eigenvalue weighted by atomic mass is 10.2. The standard InChI is InChI=1S/C16H17N3O3S/c1-11(23-15-7-2-3-8-17-15)16(22)19-13-6-4-5-12(9-13)18-14(21)10-20/h2-9,11,20H,10H2,1H3,(H,18,21)(H,19,22)/t11-/m1/s1. The second-order valence-corrected chi connectivity index (χ2v) is 6.07. The van der Waals surface area contributed by atoms with Gasteiger partial charge in [-0.3, -0.25) is 9.59 Å². The molecule has 1 aromatic carbocycles. The van der Waals surface area contributed by atoms with Crippen molar-refractivity contribution >= 4 is 35.0 Å². The van der Waals surface area contributed by atoms with Gasteiger partial charge < -0.3 is 15.7 Å². The highest BCUT2D eigenvalue weighted by molar-refractivity contribution is 8.00. The number of carbonyl (C=O) groups excluding carboxylic acids is 2. The number of aliphatic hydroxyl groups is 1. The van der Waals surface area contributed by atoms with Crippen LogP contribution in [0.5, 0.6) is 0 Å². The summed E-state index contributed by atoms with van der Waals surface area (Å²) in [6.45, 7) is 1.21. The Morgan fingerprint density at radius 2 is 1.91 bits per heavy atom. The molecular weight excluding hydrogens is 314 g/mol. The number of thioether (sulfide) groups is 1. The summed E-state index contributed by atoms with van der Waals surface area (Å²) in [6.07, 6.45) is 1.68. The van der Waals surface area contributed by atoms with Crippen LogP contribution in [0.3, 0.4) is 0 Å². The molecule has 0 spiro atoms. The number of carbonyl (C=O) groups is 2. The van der Waals surface area contributed by atoms with Crippen molar-refractivity contribution in [3.63, 3.8) is 0 Å². The number of hydrogen-bond donors (Lipinski definition) is 3. The minimum absolute atomic E-state index is 0.161. The van der Waals surface area contributed by atoms with E-state index in [2.05, 4.69) is 15.6 Å². The normalized spacial score (nSPS) is 11.6. The maximum absolute atomic E-state index is 12.2. The number of anilines is 2. The van der Waals surface area contributed by atoms with Crippen molar-refractivity contribution in [1.29, 1.82) is 0 Å². The maximum atomic E-state index is 12.2. The van der Waals surface area contributed by atoms with Crippen molar-refractivity contribution in [2.45, 2.75) is 17.2 Å². The topological polar surface area (TPSA) is 91.3 Å². The lowest BCUT2D eigenvalue weighted by Crippen LogP contribution is -2.22. The minimum Gasteiger partial charge on any atom is -0.387 e. The van der Waals surface area contributed by atoms with Gasteiger partial charge in [0, 0.05) is 17.6 Å². The van der Waals surface area contributed by atoms with Crippen LogP contribution in [0.15, 0.2) is 53.7 Å². The molecule has 0 fully saturated rings. The van der Waals surface area contributed by atoms with Crippen LogP contribution < -0.4 is 10.6 Å². The Kier molecular flexibility index (Phi) is 6.13. The third-order valence-corrected chi connectivity index (χ3v) is 3.91. The second kappa shape index (κ2) is 8.30. The quantitative estimate of drug-likeness (QED) is 0.705. The molecule has 1 aromatic heterocycles. The van der Waals surface area contributed by atoms with Crippen molar-refractivity contribution in [3.05, 3.63) is 48.7 Å². The number of aromatic nitrogens is 1. The van der Waals surface area contributed by atoms with Gasteiger partial charge in [0.25, 0.3) is 0 Å². The molecule has 0 radical (unpaired) electrons. The average molecular weight is 331 g/mol. The molecule has 7 heteroatoms. The number of hydrogen-bond acceptors (Lipinski definition) is 5. The number of amides is 2. The van der Waals surface area contributed by atoms with Gasteiger partial charge in [0.2, 0.25) is 11.8 Å². The van der Waals surface area contributed by atoms with Crippen LogP contribution in [0.4, 0.5) is 11.4 Å². The lowest BCUT2D eigenvalue weighted by Gasteiger charge is -2.12. The summed E-state index contributed by atoms with van der Waals surface area (Å²) in [6, 6.07) is 12.3. The molecule has 6 nitrogen and oxygen atoms in total. The van der Waals surface area contributed by atoms with Crippen LogP contribution in [0, 0.1) is 0 Å². The van der Waals surface area contributed by atoms with Crippen molar-refractivity contribution in [3.8, 4) is 0 Å². The summed E-state index contributed by atoms with van der Waals surface area (Å²) in [7, 11) is 0. The molecule has 0 aliphatic rings. The molecule has 2 rings (SSSR count). The highest BCUT2D eigenvalue weighted by atomic mass is 32.2. The number of nitrogens with zero attached hydrogens (tertiary/aromatic N) is 1. The fraction of sp³-hybridized carbons (Fsp3) is 0.188. The summed E-state index contributed by atoms with van der Waals surface area (Å²) >= 11 is 1.36. The Hall–Kier alpha value is -2.38. The smallest absolute Gasteiger partial charge is 0.250 e. The van der Waals surface area contributed by atoms with E-state index in [1.54, 1.807) is 37.4 Å². The van der Waals surface area contributed by atoms with Crippen LogP contribution >= 0.6 is 11.8 Å². The number of pyridine rings is 1. The van der Waals surface area contributed by atoms with Gasteiger partial charge in [-0.1, -0.05) is 23.9 Å². The molecule has 0 saturated heterocycles. The third kappa shape index (κ3) is 5.39. The molecule has 23 heavy (non-hydrogen) atoms. The van der Waals surface area contributed by atoms with E-state index in [4.69, 9.17) is 5.11 Å². The number of benzene rings is 1. The Bertz CT molecular complexity index is 679. The summed E-state index contributed by atoms with van der Waals surface area (Å²) in [5.74, 6) is -0.668. The van der Waals surface area contributed by atoms with E-state index in [0.717, 1.165) is 5.03 Å². The molecule has 1 atom stereocenters. The van der Waals surface area contributed by atoms with Gasteiger partial charge in [-0.2, -0.15) is 0 Å². The first kappa shape index (κ1) is 17.0. The molecule has 120 valence electrons. The fourth-order valence-electron chi connectivity index (χ4n) is 1.77. The first-order chi connectivity index (χ1) is 11.1. The molecule has 0 aliphatic heterocycles. The van der Waals surface area contributed by atoms with Gasteiger partial charge in [-0.05, 0) is 37.3 Å². The zero-order valence-corrected chi connectivity index (χ0v) is 13.3. The fourth-order valence-corrected chi connectivity index (χ4v) is 2.58. The SMILES string of the molecule is C[C@@H](Sc1ccccn1)C(=O)Nc1cccc(NC(=O)CO)c1. The van der Waals surface area contributed by atoms with Crippen LogP contribution in [-0.2, 0) is 9.59 Å². The molecule has 0 bridgehead atoms. The van der Waals surface area contributed by atoms with Crippen LogP contribution in [0.2, 0.25) is 0 Å². The minimum atomic E-state index is -0.589. The Morgan fingerprint density at radius 1 is 1.17 bits per heavy atom. The Balaban J connectivity index is 1.96. The third-order valence-electron chi connectivity index (χ3n) is 2.86. The average Bonchev–Trinajstić information content (AvgIpc) is 2.56. The van der Waals surface area contributed by atoms with E-state index in [0.29, 0.717) is 11.4 Å². The first-order valence-corrected chi connectivity index (χ1v) is 7.86. The van der Waals surface area contributed by atoms with Crippen LogP contribution in [0.25, 0.3) is 0 Å². The van der Waals surface area contributed by atoms with E-state index < -0.39 is 12.5 Å². The molecule has 0 saturated carbocycles. The zero-order chi connectivity index (χ0) is 16.7. The van der Waals surface area contributed by atoms with E-state index >= 15 is 0 Å². The second-order valence-electron chi connectivity index (χ2n) is 4.70. The number of nitrogens with one attached hydrogen (secondary N) is 2. The number of rotatable bonds is 6. The Morgan fingerprint density at radius 3 is 2.57 bits per heavy atom. The molecule has 0 aliphatic carbocycles. The maximum Gasteiger partial charge on any atom is 0.250 e. The molecule has 3 N–H and O–H groups in total. The van der Waals surface area contributed by atoms with Gasteiger partial charge in [-0.15, -0.1) is 0 Å². The van der Waals surface area contributed by atoms with Crippen molar-refractivity contribution in [2.75, 3.05) is 17.2 Å². The van der Waals surface area contributed by atoms with Gasteiger partial charge in [0.1, 0.15) is 6.61 Å². The Labute approximate surface area is 138 Å². The molecule has 0 unspecified atom stereocenters. The van der Waals surface area contributed by atoms with E-state index in [-0.39, 0.29) is 11.2 Å². The largest absolute Gasteiger partial charge is 0.387 e. The van der Waals surface area contributed by atoms with E-state index in [9.17, 15) is 9.59 Å². The number of aliphatic hydroxyl groups excluding tert-OH is 1. The summed E-state index contributed by atoms with van der Waals surface area (Å²) in [5, 5.41) is 14.5. The van der Waals surface area contributed by atoms with E-state index in [1.165, 1.54) is 11.8 Å². The van der Waals surface area contributed by atoms with Gasteiger partial charge >= 0.3 is 0 Å². The predicted octanol–water partition coefficient (Wildman–Crippen LogP) is 2.13. The monoisotopic (exact) mass is 331 g/mol. The summed E-state index contributed by atoms with van der Waals surface area (Å²) in [5.41, 5.74) is 1.08. The molecular formula is C16H17N3O3S. The molecule has 2 aromatic rings. The highest BCUT2D eigenvalue weighted by Gasteiger charge is 2.15. The van der Waals surface area contributed by atoms with Crippen LogP contribution in [0.1, 0.15) is 6.92 Å². The van der Waals surface area contributed by atoms with Crippen molar-refractivity contribution < 1.29 is 14.7 Å². The van der Waals surface area contributed by atoms with Crippen molar-refractivity contribution in [1.82, 2.24) is 4.98 Å². The summed E-state index contributed by atoms with van der Waals surface area (Å²) < 4.78 is 0. The van der Waals surface area contributed by atoms with Gasteiger partial charge in [0.05, 0.1) is 10.3 Å². The summed E-state index contributed by atoms with van der Waals surface area (Å²) in [4.78, 5) is 27.6. The molecule has 2 amide bonds. The van der Waals surface area contributed by atoms with E-state index in [1.807, 2.05) is 18.2 Å². The van der Waals surface area contributed by atoms with Crippen LogP contribution in [-0.4, -0.2) is 33.8 Å². The zero-order valence-electron chi connectivity index (χ0n) is 12.5. The van der Waals surface area contributed by atoms with Gasteiger partial charge in [0.15, 0.2) is 0 Å².